The molecule has 10 heteroatoms. The summed E-state index contributed by atoms with van der Waals surface area (Å²) in [5, 5.41) is 0.00615. The summed E-state index contributed by atoms with van der Waals surface area (Å²) in [6, 6.07) is 11.5. The maximum atomic E-state index is 13.5. The Kier molecular flexibility index (Phi) is 9.38. The van der Waals surface area contributed by atoms with Gasteiger partial charge < -0.3 is 14.5 Å². The van der Waals surface area contributed by atoms with E-state index < -0.39 is 21.2 Å². The number of anilines is 1. The second kappa shape index (κ2) is 13.0. The molecule has 1 N–H and O–H groups in total. The Morgan fingerprint density at radius 3 is 2.63 bits per heavy atom. The monoisotopic (exact) mass is 669 g/mol. The maximum Gasteiger partial charge on any atom is 0.264 e. The molecular weight excluding hydrogens is 622 g/mol. The van der Waals surface area contributed by atoms with Crippen molar-refractivity contribution in [1.82, 2.24) is 9.62 Å². The maximum absolute atomic E-state index is 13.5. The molecule has 2 aromatic rings. The Labute approximate surface area is 279 Å². The number of hydrogen-bond donors (Lipinski definition) is 1. The summed E-state index contributed by atoms with van der Waals surface area (Å²) in [4.78, 5) is 30.6. The predicted octanol–water partition coefficient (Wildman–Crippen LogP) is 6.20. The van der Waals surface area contributed by atoms with Crippen molar-refractivity contribution in [2.45, 2.75) is 82.3 Å². The number of carbonyl (C=O) groups is 2. The molecule has 8 nitrogen and oxygen atoms in total. The molecule has 0 aromatic heterocycles. The van der Waals surface area contributed by atoms with Crippen molar-refractivity contribution < 1.29 is 22.7 Å². The van der Waals surface area contributed by atoms with Crippen LogP contribution in [0, 0.1) is 23.7 Å². The molecule has 2 bridgehead atoms. The largest absolute Gasteiger partial charge is 0.490 e. The first-order chi connectivity index (χ1) is 21.9. The lowest BCUT2D eigenvalue weighted by molar-refractivity contribution is -0.130. The highest BCUT2D eigenvalue weighted by atomic mass is 35.5. The van der Waals surface area contributed by atoms with Gasteiger partial charge in [0.25, 0.3) is 5.91 Å². The van der Waals surface area contributed by atoms with E-state index in [2.05, 4.69) is 21.8 Å². The second-order valence-corrected chi connectivity index (χ2v) is 17.1. The number of ether oxygens (including phenoxy) is 1. The fourth-order valence-electron chi connectivity index (χ4n) is 8.38. The number of aryl methyl sites for hydroxylation is 1. The van der Waals surface area contributed by atoms with Crippen molar-refractivity contribution in [3.8, 4) is 5.75 Å². The molecule has 46 heavy (non-hydrogen) atoms. The summed E-state index contributed by atoms with van der Waals surface area (Å²) in [6.07, 6.45) is 8.11. The molecule has 1 spiro atoms. The number of rotatable bonds is 2. The van der Waals surface area contributed by atoms with Gasteiger partial charge in [-0.2, -0.15) is 0 Å². The molecule has 2 amide bonds. The smallest absolute Gasteiger partial charge is 0.264 e. The van der Waals surface area contributed by atoms with E-state index in [1.807, 2.05) is 39.2 Å². The Balaban J connectivity index is 1.41. The first-order valence-corrected chi connectivity index (χ1v) is 18.9. The standard InChI is InChI=1S/C36H48ClN3O5S/c1-23-7-5-8-25(19-34(41)39(3)4)30-13-10-28(30)20-40-21-36(16-6-9-26-17-29(37)12-14-31(26)36)22-45-33-15-11-27(18-32(33)40)35(42)38-46(43,44)24(23)2/h11-12,14-15,17-18,23-25,28,30H,5-10,13,16,19-22H2,1-4H3,(H,38,42)/t23-,24+,25+,28-,30-,36-/m0/s1. The molecule has 2 aliphatic carbocycles. The summed E-state index contributed by atoms with van der Waals surface area (Å²) >= 11 is 6.44. The Hall–Kier alpha value is -2.78. The minimum Gasteiger partial charge on any atom is -0.490 e. The fraction of sp³-hybridized carbons (Fsp3) is 0.611. The van der Waals surface area contributed by atoms with Crippen molar-refractivity contribution >= 4 is 39.1 Å². The Bertz CT molecular complexity index is 1600. The highest BCUT2D eigenvalue weighted by Gasteiger charge is 2.45. The van der Waals surface area contributed by atoms with Crippen LogP contribution in [0.15, 0.2) is 36.4 Å². The number of halogens is 1. The van der Waals surface area contributed by atoms with Gasteiger partial charge in [-0.15, -0.1) is 0 Å². The van der Waals surface area contributed by atoms with Gasteiger partial charge in [-0.1, -0.05) is 31.0 Å². The third-order valence-electron chi connectivity index (χ3n) is 11.5. The lowest BCUT2D eigenvalue weighted by Crippen LogP contribution is -2.49. The summed E-state index contributed by atoms with van der Waals surface area (Å²) in [5.74, 6) is 1.14. The van der Waals surface area contributed by atoms with Crippen molar-refractivity contribution in [2.24, 2.45) is 23.7 Å². The zero-order valence-electron chi connectivity index (χ0n) is 27.6. The van der Waals surface area contributed by atoms with E-state index in [1.165, 1.54) is 11.1 Å². The number of benzene rings is 2. The van der Waals surface area contributed by atoms with Crippen LogP contribution in [0.4, 0.5) is 5.69 Å². The number of amides is 2. The van der Waals surface area contributed by atoms with Gasteiger partial charge in [-0.3, -0.25) is 9.59 Å². The van der Waals surface area contributed by atoms with Gasteiger partial charge in [0.15, 0.2) is 0 Å². The Morgan fingerprint density at radius 2 is 1.89 bits per heavy atom. The van der Waals surface area contributed by atoms with Gasteiger partial charge in [0.2, 0.25) is 15.9 Å². The minimum absolute atomic E-state index is 0.138. The molecule has 1 saturated carbocycles. The Morgan fingerprint density at radius 1 is 1.09 bits per heavy atom. The molecule has 250 valence electrons. The average Bonchev–Trinajstić information content (AvgIpc) is 3.14. The fourth-order valence-corrected chi connectivity index (χ4v) is 9.88. The summed E-state index contributed by atoms with van der Waals surface area (Å²) in [6.45, 7) is 5.63. The van der Waals surface area contributed by atoms with Gasteiger partial charge in [0.1, 0.15) is 5.75 Å². The van der Waals surface area contributed by atoms with Crippen molar-refractivity contribution in [1.29, 1.82) is 0 Å². The van der Waals surface area contributed by atoms with Crippen molar-refractivity contribution in [2.75, 3.05) is 38.7 Å². The zero-order valence-corrected chi connectivity index (χ0v) is 29.1. The van der Waals surface area contributed by atoms with Crippen molar-refractivity contribution in [3.05, 3.63) is 58.1 Å². The SMILES string of the molecule is C[C@@H]1[C@@H](C)CCC[C@H](CC(=O)N(C)C)[C@@H]2CC[C@H]2CN2C[C@@]3(CCCc4cc(Cl)ccc43)COc3ccc(cc32)C(=O)NS1(=O)=O. The van der Waals surface area contributed by atoms with E-state index in [1.54, 1.807) is 17.9 Å². The molecule has 2 heterocycles. The highest BCUT2D eigenvalue weighted by Crippen LogP contribution is 2.48. The van der Waals surface area contributed by atoms with Gasteiger partial charge in [-0.25, -0.2) is 13.1 Å². The van der Waals surface area contributed by atoms with Crippen LogP contribution in [0.1, 0.15) is 86.7 Å². The zero-order chi connectivity index (χ0) is 32.8. The van der Waals surface area contributed by atoms with E-state index in [0.717, 1.165) is 68.7 Å². The third-order valence-corrected chi connectivity index (χ3v) is 13.7. The molecule has 2 aliphatic heterocycles. The van der Waals surface area contributed by atoms with Crippen LogP contribution in [-0.4, -0.2) is 64.2 Å². The lowest BCUT2D eigenvalue weighted by Gasteiger charge is -2.47. The van der Waals surface area contributed by atoms with Gasteiger partial charge in [-0.05, 0) is 117 Å². The predicted molar refractivity (Wildman–Crippen MR) is 182 cm³/mol. The van der Waals surface area contributed by atoms with E-state index in [-0.39, 0.29) is 23.2 Å². The van der Waals surface area contributed by atoms with Gasteiger partial charge in [0.05, 0.1) is 17.5 Å². The molecule has 6 rings (SSSR count). The number of nitrogens with zero attached hydrogens (tertiary/aromatic N) is 2. The van der Waals surface area contributed by atoms with Gasteiger partial charge in [0, 0.05) is 49.6 Å². The normalized spacial score (nSPS) is 30.9. The third kappa shape index (κ3) is 6.51. The minimum atomic E-state index is -3.90. The van der Waals surface area contributed by atoms with E-state index in [9.17, 15) is 18.0 Å². The summed E-state index contributed by atoms with van der Waals surface area (Å²) in [5.41, 5.74) is 3.40. The van der Waals surface area contributed by atoms with Crippen LogP contribution in [0.3, 0.4) is 0 Å². The van der Waals surface area contributed by atoms with Crippen LogP contribution in [0.25, 0.3) is 0 Å². The second-order valence-electron chi connectivity index (χ2n) is 14.6. The van der Waals surface area contributed by atoms with Crippen molar-refractivity contribution in [3.63, 3.8) is 0 Å². The van der Waals surface area contributed by atoms with Crippen LogP contribution in [0.5, 0.6) is 5.75 Å². The molecule has 0 unspecified atom stereocenters. The molecular formula is C36H48ClN3O5S. The molecule has 0 radical (unpaired) electrons. The molecule has 1 fully saturated rings. The van der Waals surface area contributed by atoms with Crippen LogP contribution in [-0.2, 0) is 26.7 Å². The molecule has 6 atom stereocenters. The first-order valence-electron chi connectivity index (χ1n) is 16.9. The van der Waals surface area contributed by atoms with Gasteiger partial charge >= 0.3 is 0 Å². The van der Waals surface area contributed by atoms with Crippen LogP contribution >= 0.6 is 11.6 Å². The molecule has 0 saturated heterocycles. The number of sulfonamides is 1. The summed E-state index contributed by atoms with van der Waals surface area (Å²) in [7, 11) is -0.267. The summed E-state index contributed by atoms with van der Waals surface area (Å²) < 4.78 is 35.7. The van der Waals surface area contributed by atoms with E-state index in [4.69, 9.17) is 16.3 Å². The topological polar surface area (TPSA) is 96.0 Å². The molecule has 2 aromatic carbocycles. The number of carbonyl (C=O) groups excluding carboxylic acids is 2. The first kappa shape index (κ1) is 33.1. The van der Waals surface area contributed by atoms with E-state index >= 15 is 0 Å². The van der Waals surface area contributed by atoms with Crippen LogP contribution in [0.2, 0.25) is 5.02 Å². The number of nitrogens with one attached hydrogen (secondary N) is 1. The van der Waals surface area contributed by atoms with Crippen LogP contribution < -0.4 is 14.4 Å². The average molecular weight is 670 g/mol. The number of fused-ring (bicyclic) bond motifs is 4. The van der Waals surface area contributed by atoms with E-state index in [0.29, 0.717) is 42.6 Å². The number of hydrogen-bond acceptors (Lipinski definition) is 6. The quantitative estimate of drug-likeness (QED) is 0.409. The highest BCUT2D eigenvalue weighted by molar-refractivity contribution is 7.90. The molecule has 4 aliphatic rings. The lowest BCUT2D eigenvalue weighted by atomic mass is 9.64.